The second-order valence-corrected chi connectivity index (χ2v) is 5.67. The number of carbonyl (C=O) groups excluding carboxylic acids is 2. The Labute approximate surface area is 107 Å². The highest BCUT2D eigenvalue weighted by Gasteiger charge is 2.52. The van der Waals surface area contributed by atoms with Crippen molar-refractivity contribution in [2.75, 3.05) is 13.7 Å². The number of amides is 2. The number of rotatable bonds is 5. The SMILES string of the molecule is COCC1(C(=O)NC2(C(N)=O)CCCCC2)CC1. The first-order chi connectivity index (χ1) is 8.55. The van der Waals surface area contributed by atoms with Gasteiger partial charge in [-0.3, -0.25) is 9.59 Å². The van der Waals surface area contributed by atoms with E-state index in [9.17, 15) is 9.59 Å². The molecular weight excluding hydrogens is 232 g/mol. The average molecular weight is 254 g/mol. The first-order valence-electron chi connectivity index (χ1n) is 6.66. The third-order valence-electron chi connectivity index (χ3n) is 4.29. The molecule has 0 bridgehead atoms. The minimum Gasteiger partial charge on any atom is -0.384 e. The highest BCUT2D eigenvalue weighted by molar-refractivity contribution is 5.93. The van der Waals surface area contributed by atoms with Gasteiger partial charge in [-0.15, -0.1) is 0 Å². The minimum absolute atomic E-state index is 0.0648. The van der Waals surface area contributed by atoms with E-state index in [1.165, 1.54) is 0 Å². The molecule has 0 aromatic rings. The molecule has 2 amide bonds. The number of carbonyl (C=O) groups is 2. The molecule has 0 aromatic carbocycles. The first-order valence-corrected chi connectivity index (χ1v) is 6.66. The quantitative estimate of drug-likeness (QED) is 0.758. The van der Waals surface area contributed by atoms with Crippen LogP contribution in [0.3, 0.4) is 0 Å². The van der Waals surface area contributed by atoms with E-state index in [2.05, 4.69) is 5.32 Å². The molecule has 0 spiro atoms. The molecule has 0 heterocycles. The van der Waals surface area contributed by atoms with E-state index < -0.39 is 16.9 Å². The fraction of sp³-hybridized carbons (Fsp3) is 0.846. The van der Waals surface area contributed by atoms with Gasteiger partial charge in [0, 0.05) is 7.11 Å². The van der Waals surface area contributed by atoms with Crippen molar-refractivity contribution in [1.29, 1.82) is 0 Å². The van der Waals surface area contributed by atoms with Gasteiger partial charge in [-0.2, -0.15) is 0 Å². The van der Waals surface area contributed by atoms with Gasteiger partial charge in [0.1, 0.15) is 5.54 Å². The van der Waals surface area contributed by atoms with Gasteiger partial charge in [-0.25, -0.2) is 0 Å². The van der Waals surface area contributed by atoms with Crippen molar-refractivity contribution in [3.8, 4) is 0 Å². The molecule has 5 heteroatoms. The monoisotopic (exact) mass is 254 g/mol. The van der Waals surface area contributed by atoms with Crippen LogP contribution in [-0.4, -0.2) is 31.1 Å². The molecular formula is C13H22N2O3. The Kier molecular flexibility index (Phi) is 3.61. The van der Waals surface area contributed by atoms with E-state index in [1.807, 2.05) is 0 Å². The van der Waals surface area contributed by atoms with Gasteiger partial charge in [-0.05, 0) is 25.7 Å². The number of hydrogen-bond acceptors (Lipinski definition) is 3. The summed E-state index contributed by atoms with van der Waals surface area (Å²) >= 11 is 0. The van der Waals surface area contributed by atoms with E-state index in [4.69, 9.17) is 10.5 Å². The molecule has 3 N–H and O–H groups in total. The van der Waals surface area contributed by atoms with Gasteiger partial charge < -0.3 is 15.8 Å². The number of primary amides is 1. The lowest BCUT2D eigenvalue weighted by atomic mass is 9.80. The van der Waals surface area contributed by atoms with Crippen LogP contribution in [0.15, 0.2) is 0 Å². The number of nitrogens with two attached hydrogens (primary N) is 1. The Morgan fingerprint density at radius 3 is 2.22 bits per heavy atom. The molecule has 2 rings (SSSR count). The second-order valence-electron chi connectivity index (χ2n) is 5.67. The zero-order valence-electron chi connectivity index (χ0n) is 11.0. The molecule has 2 aliphatic carbocycles. The van der Waals surface area contributed by atoms with Crippen LogP contribution in [0, 0.1) is 5.41 Å². The molecule has 0 unspecified atom stereocenters. The van der Waals surface area contributed by atoms with Crippen LogP contribution >= 0.6 is 0 Å². The van der Waals surface area contributed by atoms with Gasteiger partial charge in [0.05, 0.1) is 12.0 Å². The number of methoxy groups -OCH3 is 1. The lowest BCUT2D eigenvalue weighted by Crippen LogP contribution is -2.60. The van der Waals surface area contributed by atoms with Gasteiger partial charge in [0.2, 0.25) is 11.8 Å². The second kappa shape index (κ2) is 4.88. The Morgan fingerprint density at radius 2 is 1.78 bits per heavy atom. The molecule has 0 aliphatic heterocycles. The summed E-state index contributed by atoms with van der Waals surface area (Å²) in [6.45, 7) is 0.424. The van der Waals surface area contributed by atoms with E-state index in [0.29, 0.717) is 19.4 Å². The third kappa shape index (κ3) is 2.36. The maximum Gasteiger partial charge on any atom is 0.243 e. The van der Waals surface area contributed by atoms with Crippen LogP contribution in [0.2, 0.25) is 0 Å². The molecule has 0 radical (unpaired) electrons. The maximum absolute atomic E-state index is 12.3. The zero-order chi connectivity index (χ0) is 13.2. The highest BCUT2D eigenvalue weighted by atomic mass is 16.5. The Bertz CT molecular complexity index is 344. The summed E-state index contributed by atoms with van der Waals surface area (Å²) in [4.78, 5) is 24.0. The summed E-state index contributed by atoms with van der Waals surface area (Å²) in [5.41, 5.74) is 4.27. The van der Waals surface area contributed by atoms with Crippen molar-refractivity contribution >= 4 is 11.8 Å². The van der Waals surface area contributed by atoms with Crippen molar-refractivity contribution < 1.29 is 14.3 Å². The topological polar surface area (TPSA) is 81.4 Å². The Hall–Kier alpha value is -1.10. The fourth-order valence-electron chi connectivity index (χ4n) is 2.80. The lowest BCUT2D eigenvalue weighted by Gasteiger charge is -2.36. The predicted octanol–water partition coefficient (Wildman–Crippen LogP) is 0.717. The van der Waals surface area contributed by atoms with E-state index in [1.54, 1.807) is 7.11 Å². The summed E-state index contributed by atoms with van der Waals surface area (Å²) in [7, 11) is 1.60. The molecule has 2 saturated carbocycles. The molecule has 18 heavy (non-hydrogen) atoms. The molecule has 2 aliphatic rings. The average Bonchev–Trinajstić information content (AvgIpc) is 3.11. The number of hydrogen-bond donors (Lipinski definition) is 2. The van der Waals surface area contributed by atoms with Crippen LogP contribution in [0.1, 0.15) is 44.9 Å². The van der Waals surface area contributed by atoms with E-state index >= 15 is 0 Å². The van der Waals surface area contributed by atoms with Gasteiger partial charge in [0.25, 0.3) is 0 Å². The summed E-state index contributed by atoms with van der Waals surface area (Å²) in [5.74, 6) is -0.464. The zero-order valence-corrected chi connectivity index (χ0v) is 11.0. The summed E-state index contributed by atoms with van der Waals surface area (Å²) in [6, 6.07) is 0. The van der Waals surface area contributed by atoms with Crippen molar-refractivity contribution in [3.63, 3.8) is 0 Å². The Balaban J connectivity index is 2.05. The molecule has 102 valence electrons. The maximum atomic E-state index is 12.3. The predicted molar refractivity (Wildman–Crippen MR) is 66.7 cm³/mol. The lowest BCUT2D eigenvalue weighted by molar-refractivity contribution is -0.137. The number of ether oxygens (including phenoxy) is 1. The van der Waals surface area contributed by atoms with Crippen LogP contribution in [0.25, 0.3) is 0 Å². The number of nitrogens with one attached hydrogen (secondary N) is 1. The van der Waals surface area contributed by atoms with Crippen LogP contribution in [-0.2, 0) is 14.3 Å². The van der Waals surface area contributed by atoms with Crippen molar-refractivity contribution in [1.82, 2.24) is 5.32 Å². The standard InChI is InChI=1S/C13H22N2O3/c1-18-9-12(7-8-12)11(17)15-13(10(14)16)5-3-2-4-6-13/h2-9H2,1H3,(H2,14,16)(H,15,17). The summed E-state index contributed by atoms with van der Waals surface area (Å²) in [5, 5.41) is 2.93. The van der Waals surface area contributed by atoms with Crippen molar-refractivity contribution in [2.45, 2.75) is 50.5 Å². The van der Waals surface area contributed by atoms with Crippen LogP contribution in [0.5, 0.6) is 0 Å². The van der Waals surface area contributed by atoms with E-state index in [-0.39, 0.29) is 5.91 Å². The van der Waals surface area contributed by atoms with Gasteiger partial charge in [-0.1, -0.05) is 19.3 Å². The third-order valence-corrected chi connectivity index (χ3v) is 4.29. The van der Waals surface area contributed by atoms with Crippen LogP contribution in [0.4, 0.5) is 0 Å². The summed E-state index contributed by atoms with van der Waals surface area (Å²) in [6.07, 6.45) is 5.99. The van der Waals surface area contributed by atoms with Crippen molar-refractivity contribution in [2.24, 2.45) is 11.1 Å². The smallest absolute Gasteiger partial charge is 0.243 e. The molecule has 0 saturated heterocycles. The minimum atomic E-state index is -0.821. The molecule has 2 fully saturated rings. The summed E-state index contributed by atoms with van der Waals surface area (Å²) < 4.78 is 5.10. The Morgan fingerprint density at radius 1 is 1.17 bits per heavy atom. The first kappa shape index (κ1) is 13.3. The fourth-order valence-corrected chi connectivity index (χ4v) is 2.80. The van der Waals surface area contributed by atoms with Gasteiger partial charge in [0.15, 0.2) is 0 Å². The molecule has 5 nitrogen and oxygen atoms in total. The largest absolute Gasteiger partial charge is 0.384 e. The van der Waals surface area contributed by atoms with Crippen molar-refractivity contribution in [3.05, 3.63) is 0 Å². The van der Waals surface area contributed by atoms with E-state index in [0.717, 1.165) is 32.1 Å². The molecule has 0 aromatic heterocycles. The normalized spacial score (nSPS) is 24.3. The molecule has 0 atom stereocenters. The van der Waals surface area contributed by atoms with Gasteiger partial charge >= 0.3 is 0 Å². The highest BCUT2D eigenvalue weighted by Crippen LogP contribution is 2.46. The van der Waals surface area contributed by atoms with Crippen LogP contribution < -0.4 is 11.1 Å².